The molecule has 0 aromatic carbocycles. The van der Waals surface area contributed by atoms with Crippen LogP contribution in [0.15, 0.2) is 12.4 Å². The number of hydrogen-bond donors (Lipinski definition) is 0. The Morgan fingerprint density at radius 3 is 2.36 bits per heavy atom. The lowest BCUT2D eigenvalue weighted by atomic mass is 10.3. The molecule has 4 nitrogen and oxygen atoms in total. The van der Waals surface area contributed by atoms with E-state index in [2.05, 4.69) is 9.97 Å². The molecule has 0 bridgehead atoms. The van der Waals surface area contributed by atoms with Crippen molar-refractivity contribution in [1.82, 2.24) is 9.97 Å². The number of aromatic nitrogens is 2. The van der Waals surface area contributed by atoms with Crippen molar-refractivity contribution >= 4 is 17.6 Å². The normalized spacial score (nSPS) is 8.57. The van der Waals surface area contributed by atoms with Crippen LogP contribution in [0.4, 0.5) is 0 Å². The molecule has 0 fully saturated rings. The molecule has 0 saturated heterocycles. The number of halogens is 1. The summed E-state index contributed by atoms with van der Waals surface area (Å²) >= 11 is 5.42. The first-order chi connectivity index (χ1) is 6.74. The van der Waals surface area contributed by atoms with Crippen molar-refractivity contribution < 1.29 is 9.53 Å². The van der Waals surface area contributed by atoms with E-state index in [1.54, 1.807) is 6.92 Å². The zero-order valence-corrected chi connectivity index (χ0v) is 9.21. The maximum absolute atomic E-state index is 11.0. The molecule has 1 aromatic rings. The van der Waals surface area contributed by atoms with Crippen molar-refractivity contribution in [3.05, 3.63) is 23.2 Å². The fraction of sp³-hybridized carbons (Fsp3) is 0.444. The Bertz CT molecular complexity index is 275. The fourth-order valence-electron chi connectivity index (χ4n) is 0.632. The Balaban J connectivity index is 0.000000791. The molecule has 5 heteroatoms. The Hall–Kier alpha value is -1.16. The quantitative estimate of drug-likeness (QED) is 0.563. The van der Waals surface area contributed by atoms with Crippen LogP contribution in [0.5, 0.6) is 0 Å². The van der Waals surface area contributed by atoms with Crippen molar-refractivity contribution in [2.24, 2.45) is 0 Å². The first-order valence-corrected chi connectivity index (χ1v) is 4.76. The van der Waals surface area contributed by atoms with Gasteiger partial charge in [-0.15, -0.1) is 0 Å². The smallest absolute Gasteiger partial charge is 0.341 e. The minimum Gasteiger partial charge on any atom is -0.462 e. The molecular formula is C9H13ClN2O2. The zero-order valence-electron chi connectivity index (χ0n) is 8.45. The molecule has 0 atom stereocenters. The van der Waals surface area contributed by atoms with Gasteiger partial charge in [-0.05, 0) is 18.5 Å². The first kappa shape index (κ1) is 12.8. The second kappa shape index (κ2) is 7.26. The molecule has 1 rings (SSSR count). The third kappa shape index (κ3) is 4.18. The van der Waals surface area contributed by atoms with Gasteiger partial charge < -0.3 is 4.74 Å². The third-order valence-corrected chi connectivity index (χ3v) is 1.33. The lowest BCUT2D eigenvalue weighted by Crippen LogP contribution is -2.05. The lowest BCUT2D eigenvalue weighted by Gasteiger charge is -1.99. The van der Waals surface area contributed by atoms with Gasteiger partial charge in [0.15, 0.2) is 0 Å². The van der Waals surface area contributed by atoms with Gasteiger partial charge in [-0.1, -0.05) is 13.8 Å². The number of nitrogens with zero attached hydrogens (tertiary/aromatic N) is 2. The van der Waals surface area contributed by atoms with Crippen LogP contribution >= 0.6 is 11.6 Å². The first-order valence-electron chi connectivity index (χ1n) is 4.38. The molecule has 0 aliphatic carbocycles. The molecule has 1 heterocycles. The van der Waals surface area contributed by atoms with Crippen LogP contribution in [0.2, 0.25) is 5.28 Å². The summed E-state index contributed by atoms with van der Waals surface area (Å²) in [4.78, 5) is 18.3. The van der Waals surface area contributed by atoms with Crippen LogP contribution in [-0.4, -0.2) is 22.5 Å². The summed E-state index contributed by atoms with van der Waals surface area (Å²) in [6.07, 6.45) is 2.65. The SMILES string of the molecule is CC.CCOC(=O)c1cnc(Cl)nc1. The molecule has 78 valence electrons. The van der Waals surface area contributed by atoms with Gasteiger partial charge >= 0.3 is 5.97 Å². The Labute approximate surface area is 88.3 Å². The van der Waals surface area contributed by atoms with Crippen molar-refractivity contribution in [1.29, 1.82) is 0 Å². The summed E-state index contributed by atoms with van der Waals surface area (Å²) in [6, 6.07) is 0. The van der Waals surface area contributed by atoms with Gasteiger partial charge in [-0.25, -0.2) is 14.8 Å². The molecule has 0 N–H and O–H groups in total. The average molecular weight is 217 g/mol. The highest BCUT2D eigenvalue weighted by molar-refractivity contribution is 6.28. The van der Waals surface area contributed by atoms with Crippen LogP contribution in [0, 0.1) is 0 Å². The van der Waals surface area contributed by atoms with Crippen molar-refractivity contribution in [2.45, 2.75) is 20.8 Å². The van der Waals surface area contributed by atoms with Crippen molar-refractivity contribution in [2.75, 3.05) is 6.61 Å². The average Bonchev–Trinajstić information content (AvgIpc) is 2.22. The molecular weight excluding hydrogens is 204 g/mol. The van der Waals surface area contributed by atoms with Gasteiger partial charge in [0.1, 0.15) is 0 Å². The Kier molecular flexibility index (Phi) is 6.66. The largest absolute Gasteiger partial charge is 0.462 e. The van der Waals surface area contributed by atoms with E-state index in [9.17, 15) is 4.79 Å². The van der Waals surface area contributed by atoms with Gasteiger partial charge in [0, 0.05) is 12.4 Å². The minimum absolute atomic E-state index is 0.114. The standard InChI is InChI=1S/C7H7ClN2O2.C2H6/c1-2-12-6(11)5-3-9-7(8)10-4-5;1-2/h3-4H,2H2,1H3;1-2H3. The maximum Gasteiger partial charge on any atom is 0.341 e. The number of rotatable bonds is 2. The summed E-state index contributed by atoms with van der Waals surface area (Å²) in [6.45, 7) is 6.07. The lowest BCUT2D eigenvalue weighted by molar-refractivity contribution is 0.0525. The third-order valence-electron chi connectivity index (χ3n) is 1.13. The second-order valence-electron chi connectivity index (χ2n) is 1.96. The monoisotopic (exact) mass is 216 g/mol. The molecule has 0 aliphatic rings. The summed E-state index contributed by atoms with van der Waals surface area (Å²) in [7, 11) is 0. The molecule has 0 radical (unpaired) electrons. The second-order valence-corrected chi connectivity index (χ2v) is 2.30. The van der Waals surface area contributed by atoms with Crippen LogP contribution in [-0.2, 0) is 4.74 Å². The van der Waals surface area contributed by atoms with E-state index >= 15 is 0 Å². The fourth-order valence-corrected chi connectivity index (χ4v) is 0.730. The molecule has 0 aliphatic heterocycles. The van der Waals surface area contributed by atoms with Crippen LogP contribution in [0.3, 0.4) is 0 Å². The molecule has 0 amide bonds. The van der Waals surface area contributed by atoms with Crippen molar-refractivity contribution in [3.63, 3.8) is 0 Å². The Morgan fingerprint density at radius 1 is 1.43 bits per heavy atom. The van der Waals surface area contributed by atoms with Crippen LogP contribution < -0.4 is 0 Å². The number of esters is 1. The van der Waals surface area contributed by atoms with Crippen LogP contribution in [0.25, 0.3) is 0 Å². The van der Waals surface area contributed by atoms with Crippen molar-refractivity contribution in [3.8, 4) is 0 Å². The number of carbonyl (C=O) groups is 1. The summed E-state index contributed by atoms with van der Waals surface area (Å²) in [5.74, 6) is -0.436. The number of carbonyl (C=O) groups excluding carboxylic acids is 1. The van der Waals surface area contributed by atoms with Gasteiger partial charge in [0.2, 0.25) is 5.28 Å². The van der Waals surface area contributed by atoms with E-state index in [1.165, 1.54) is 12.4 Å². The maximum atomic E-state index is 11.0. The van der Waals surface area contributed by atoms with Gasteiger partial charge in [0.05, 0.1) is 12.2 Å². The van der Waals surface area contributed by atoms with E-state index in [1.807, 2.05) is 13.8 Å². The topological polar surface area (TPSA) is 52.1 Å². The van der Waals surface area contributed by atoms with Gasteiger partial charge in [0.25, 0.3) is 0 Å². The van der Waals surface area contributed by atoms with E-state index in [-0.39, 0.29) is 5.28 Å². The summed E-state index contributed by atoms with van der Waals surface area (Å²) < 4.78 is 4.71. The van der Waals surface area contributed by atoms with E-state index in [0.717, 1.165) is 0 Å². The highest BCUT2D eigenvalue weighted by Gasteiger charge is 2.06. The van der Waals surface area contributed by atoms with Gasteiger partial charge in [-0.3, -0.25) is 0 Å². The van der Waals surface area contributed by atoms with E-state index in [0.29, 0.717) is 12.2 Å². The number of ether oxygens (including phenoxy) is 1. The number of hydrogen-bond acceptors (Lipinski definition) is 4. The zero-order chi connectivity index (χ0) is 11.0. The Morgan fingerprint density at radius 2 is 1.93 bits per heavy atom. The predicted molar refractivity (Wildman–Crippen MR) is 54.3 cm³/mol. The molecule has 0 unspecified atom stereocenters. The van der Waals surface area contributed by atoms with Crippen LogP contribution in [0.1, 0.15) is 31.1 Å². The summed E-state index contributed by atoms with van der Waals surface area (Å²) in [5.41, 5.74) is 0.307. The van der Waals surface area contributed by atoms with Gasteiger partial charge in [-0.2, -0.15) is 0 Å². The predicted octanol–water partition coefficient (Wildman–Crippen LogP) is 2.33. The molecule has 14 heavy (non-hydrogen) atoms. The highest BCUT2D eigenvalue weighted by atomic mass is 35.5. The minimum atomic E-state index is -0.436. The summed E-state index contributed by atoms with van der Waals surface area (Å²) in [5, 5.41) is 0.114. The van der Waals surface area contributed by atoms with E-state index in [4.69, 9.17) is 16.3 Å². The van der Waals surface area contributed by atoms with E-state index < -0.39 is 5.97 Å². The highest BCUT2D eigenvalue weighted by Crippen LogP contribution is 2.01. The molecule has 0 saturated carbocycles. The molecule has 0 spiro atoms. The molecule has 1 aromatic heterocycles.